The van der Waals surface area contributed by atoms with Crippen LogP contribution < -0.4 is 10.6 Å². The van der Waals surface area contributed by atoms with Gasteiger partial charge in [0.2, 0.25) is 0 Å². The molecule has 0 spiro atoms. The fourth-order valence-electron chi connectivity index (χ4n) is 2.14. The normalized spacial score (nSPS) is 10.2. The van der Waals surface area contributed by atoms with Crippen LogP contribution in [-0.2, 0) is 4.74 Å². The minimum absolute atomic E-state index is 0.315. The molecule has 0 aromatic heterocycles. The highest BCUT2D eigenvalue weighted by Crippen LogP contribution is 2.25. The Hall–Kier alpha value is -2.22. The Morgan fingerprint density at radius 2 is 2.19 bits per heavy atom. The molecule has 0 radical (unpaired) electrons. The molecule has 0 amide bonds. The van der Waals surface area contributed by atoms with Crippen LogP contribution in [0.4, 0.5) is 11.4 Å². The molecule has 5 nitrogen and oxygen atoms in total. The Labute approximate surface area is 126 Å². The van der Waals surface area contributed by atoms with Crippen LogP contribution in [0.1, 0.15) is 37.6 Å². The number of rotatable bonds is 7. The third kappa shape index (κ3) is 4.99. The Morgan fingerprint density at radius 3 is 2.76 bits per heavy atom. The summed E-state index contributed by atoms with van der Waals surface area (Å²) in [7, 11) is 0. The zero-order valence-corrected chi connectivity index (χ0v) is 12.9. The van der Waals surface area contributed by atoms with Crippen molar-refractivity contribution in [2.24, 2.45) is 5.92 Å². The number of nitrogens with zero attached hydrogens (tertiary/aromatic N) is 2. The molecule has 0 aliphatic carbocycles. The third-order valence-corrected chi connectivity index (χ3v) is 2.94. The molecule has 0 bridgehead atoms. The summed E-state index contributed by atoms with van der Waals surface area (Å²) in [6.07, 6.45) is 0.402. The van der Waals surface area contributed by atoms with E-state index in [2.05, 4.69) is 19.9 Å². The van der Waals surface area contributed by atoms with E-state index in [1.165, 1.54) is 0 Å². The number of carbonyl (C=O) groups is 1. The summed E-state index contributed by atoms with van der Waals surface area (Å²) in [6.45, 7) is 7.62. The number of benzene rings is 1. The maximum absolute atomic E-state index is 12.1. The van der Waals surface area contributed by atoms with Gasteiger partial charge in [0, 0.05) is 18.8 Å². The van der Waals surface area contributed by atoms with Crippen molar-refractivity contribution in [3.05, 3.63) is 23.8 Å². The Balaban J connectivity index is 3.16. The molecule has 0 fully saturated rings. The molecule has 5 heteroatoms. The molecule has 1 rings (SSSR count). The second-order valence-corrected chi connectivity index (χ2v) is 5.25. The van der Waals surface area contributed by atoms with E-state index in [4.69, 9.17) is 15.7 Å². The van der Waals surface area contributed by atoms with E-state index in [9.17, 15) is 4.79 Å². The van der Waals surface area contributed by atoms with E-state index < -0.39 is 0 Å². The number of esters is 1. The lowest BCUT2D eigenvalue weighted by Gasteiger charge is -2.27. The quantitative estimate of drug-likeness (QED) is 0.616. The van der Waals surface area contributed by atoms with Crippen molar-refractivity contribution in [3.63, 3.8) is 0 Å². The van der Waals surface area contributed by atoms with E-state index in [1.54, 1.807) is 19.1 Å². The van der Waals surface area contributed by atoms with Crippen LogP contribution in [-0.4, -0.2) is 25.7 Å². The summed E-state index contributed by atoms with van der Waals surface area (Å²) in [6, 6.07) is 7.36. The Morgan fingerprint density at radius 1 is 1.48 bits per heavy atom. The lowest BCUT2D eigenvalue weighted by molar-refractivity contribution is 0.0527. The fourth-order valence-corrected chi connectivity index (χ4v) is 2.14. The summed E-state index contributed by atoms with van der Waals surface area (Å²) >= 11 is 0. The van der Waals surface area contributed by atoms with Gasteiger partial charge >= 0.3 is 5.97 Å². The van der Waals surface area contributed by atoms with Crippen molar-refractivity contribution in [2.75, 3.05) is 30.3 Å². The molecule has 0 aliphatic rings. The van der Waals surface area contributed by atoms with Gasteiger partial charge < -0.3 is 15.4 Å². The summed E-state index contributed by atoms with van der Waals surface area (Å²) in [5, 5.41) is 8.81. The van der Waals surface area contributed by atoms with Crippen LogP contribution in [0.2, 0.25) is 0 Å². The monoisotopic (exact) mass is 289 g/mol. The minimum Gasteiger partial charge on any atom is -0.462 e. The van der Waals surface area contributed by atoms with E-state index in [0.29, 0.717) is 36.7 Å². The molecule has 114 valence electrons. The summed E-state index contributed by atoms with van der Waals surface area (Å²) < 4.78 is 5.10. The van der Waals surface area contributed by atoms with Crippen molar-refractivity contribution < 1.29 is 9.53 Å². The average molecular weight is 289 g/mol. The van der Waals surface area contributed by atoms with Gasteiger partial charge in [0.15, 0.2) is 0 Å². The van der Waals surface area contributed by atoms with Gasteiger partial charge in [0.1, 0.15) is 0 Å². The molecular formula is C16H23N3O2. The van der Waals surface area contributed by atoms with Crippen LogP contribution >= 0.6 is 0 Å². The van der Waals surface area contributed by atoms with E-state index in [-0.39, 0.29) is 5.97 Å². The fraction of sp³-hybridized carbons (Fsp3) is 0.500. The summed E-state index contributed by atoms with van der Waals surface area (Å²) in [4.78, 5) is 14.2. The number of nitriles is 1. The molecule has 1 aromatic rings. The predicted octanol–water partition coefficient (Wildman–Crippen LogP) is 2.82. The second-order valence-electron chi connectivity index (χ2n) is 5.25. The Kier molecular flexibility index (Phi) is 6.54. The first kappa shape index (κ1) is 16.8. The molecule has 0 saturated carbocycles. The molecule has 1 aromatic carbocycles. The van der Waals surface area contributed by atoms with Crippen molar-refractivity contribution in [1.29, 1.82) is 5.26 Å². The van der Waals surface area contributed by atoms with Gasteiger partial charge in [-0.1, -0.05) is 13.8 Å². The van der Waals surface area contributed by atoms with E-state index in [1.807, 2.05) is 11.0 Å². The molecule has 0 unspecified atom stereocenters. The van der Waals surface area contributed by atoms with Crippen molar-refractivity contribution in [3.8, 4) is 6.07 Å². The molecular weight excluding hydrogens is 266 g/mol. The number of ether oxygens (including phenoxy) is 1. The SMILES string of the molecule is CCOC(=O)c1cc(N)ccc1N(CCC#N)CC(C)C. The summed E-state index contributed by atoms with van der Waals surface area (Å²) in [5.41, 5.74) is 7.53. The lowest BCUT2D eigenvalue weighted by Crippen LogP contribution is -2.30. The summed E-state index contributed by atoms with van der Waals surface area (Å²) in [5.74, 6) is 0.0294. The topological polar surface area (TPSA) is 79.3 Å². The van der Waals surface area contributed by atoms with Gasteiger partial charge in [-0.25, -0.2) is 4.79 Å². The van der Waals surface area contributed by atoms with Crippen molar-refractivity contribution >= 4 is 17.3 Å². The van der Waals surface area contributed by atoms with Gasteiger partial charge in [-0.05, 0) is 31.0 Å². The largest absolute Gasteiger partial charge is 0.462 e. The first-order chi connectivity index (χ1) is 9.99. The molecule has 0 atom stereocenters. The van der Waals surface area contributed by atoms with Gasteiger partial charge in [-0.3, -0.25) is 0 Å². The smallest absolute Gasteiger partial charge is 0.340 e. The maximum Gasteiger partial charge on any atom is 0.340 e. The molecule has 2 N–H and O–H groups in total. The lowest BCUT2D eigenvalue weighted by atomic mass is 10.1. The molecule has 0 aliphatic heterocycles. The molecule has 0 saturated heterocycles. The van der Waals surface area contributed by atoms with Crippen molar-refractivity contribution in [2.45, 2.75) is 27.2 Å². The average Bonchev–Trinajstić information content (AvgIpc) is 2.43. The zero-order chi connectivity index (χ0) is 15.8. The number of hydrogen-bond acceptors (Lipinski definition) is 5. The Bertz CT molecular complexity index is 521. The van der Waals surface area contributed by atoms with Crippen LogP contribution in [0.5, 0.6) is 0 Å². The number of carbonyl (C=O) groups excluding carboxylic acids is 1. The number of nitrogen functional groups attached to an aromatic ring is 1. The van der Waals surface area contributed by atoms with Gasteiger partial charge in [0.25, 0.3) is 0 Å². The van der Waals surface area contributed by atoms with Gasteiger partial charge in [-0.15, -0.1) is 0 Å². The highest BCUT2D eigenvalue weighted by molar-refractivity contribution is 5.97. The van der Waals surface area contributed by atoms with Crippen LogP contribution in [0.15, 0.2) is 18.2 Å². The number of anilines is 2. The first-order valence-electron chi connectivity index (χ1n) is 7.18. The predicted molar refractivity (Wildman–Crippen MR) is 84.1 cm³/mol. The van der Waals surface area contributed by atoms with Crippen LogP contribution in [0.25, 0.3) is 0 Å². The van der Waals surface area contributed by atoms with E-state index in [0.717, 1.165) is 12.2 Å². The maximum atomic E-state index is 12.1. The highest BCUT2D eigenvalue weighted by Gasteiger charge is 2.18. The van der Waals surface area contributed by atoms with Crippen molar-refractivity contribution in [1.82, 2.24) is 0 Å². The second kappa shape index (κ2) is 8.15. The zero-order valence-electron chi connectivity index (χ0n) is 12.9. The molecule has 21 heavy (non-hydrogen) atoms. The van der Waals surface area contributed by atoms with Gasteiger partial charge in [0.05, 0.1) is 30.3 Å². The minimum atomic E-state index is -0.384. The third-order valence-electron chi connectivity index (χ3n) is 2.94. The number of hydrogen-bond donors (Lipinski definition) is 1. The van der Waals surface area contributed by atoms with Crippen LogP contribution in [0.3, 0.4) is 0 Å². The van der Waals surface area contributed by atoms with Crippen LogP contribution in [0, 0.1) is 17.2 Å². The first-order valence-corrected chi connectivity index (χ1v) is 7.18. The highest BCUT2D eigenvalue weighted by atomic mass is 16.5. The standard InChI is InChI=1S/C16H23N3O2/c1-4-21-16(20)14-10-13(18)6-7-15(14)19(9-5-8-17)11-12(2)3/h6-7,10,12H,4-5,9,11,18H2,1-3H3. The van der Waals surface area contributed by atoms with Gasteiger partial charge in [-0.2, -0.15) is 5.26 Å². The molecule has 0 heterocycles. The number of nitrogens with two attached hydrogens (primary N) is 1. The van der Waals surface area contributed by atoms with E-state index >= 15 is 0 Å².